The van der Waals surface area contributed by atoms with Crippen molar-refractivity contribution in [3.63, 3.8) is 0 Å². The van der Waals surface area contributed by atoms with Crippen LogP contribution in [0.4, 0.5) is 5.95 Å². The molecule has 17 heavy (non-hydrogen) atoms. The van der Waals surface area contributed by atoms with Crippen molar-refractivity contribution in [3.8, 4) is 0 Å². The minimum Gasteiger partial charge on any atom is -0.392 e. The summed E-state index contributed by atoms with van der Waals surface area (Å²) >= 11 is 0. The Bertz CT molecular complexity index is 358. The number of aliphatic hydroxyl groups excluding tert-OH is 1. The summed E-state index contributed by atoms with van der Waals surface area (Å²) in [5.74, 6) is 1.18. The van der Waals surface area contributed by atoms with Crippen LogP contribution in [0.2, 0.25) is 0 Å². The molecule has 0 saturated carbocycles. The predicted molar refractivity (Wildman–Crippen MR) is 58.7 cm³/mol. The van der Waals surface area contributed by atoms with Crippen LogP contribution in [0.15, 0.2) is 4.52 Å². The molecule has 1 aromatic heterocycles. The van der Waals surface area contributed by atoms with Gasteiger partial charge in [-0.3, -0.25) is 0 Å². The Morgan fingerprint density at radius 2 is 2.18 bits per heavy atom. The van der Waals surface area contributed by atoms with Gasteiger partial charge in [0.15, 0.2) is 0 Å². The van der Waals surface area contributed by atoms with E-state index in [-0.39, 0.29) is 12.1 Å². The highest BCUT2D eigenvalue weighted by atomic mass is 16.5. The van der Waals surface area contributed by atoms with Crippen LogP contribution in [0.5, 0.6) is 0 Å². The van der Waals surface area contributed by atoms with E-state index < -0.39 is 0 Å². The first-order valence-electron chi connectivity index (χ1n) is 5.90. The molecular weight excluding hydrogens is 224 g/mol. The van der Waals surface area contributed by atoms with E-state index in [0.29, 0.717) is 38.0 Å². The van der Waals surface area contributed by atoms with Crippen molar-refractivity contribution in [2.75, 3.05) is 37.7 Å². The number of nitrogens with one attached hydrogen (secondary N) is 1. The third-order valence-corrected chi connectivity index (χ3v) is 3.13. The Kier molecular flexibility index (Phi) is 2.96. The minimum absolute atomic E-state index is 0.0210. The highest BCUT2D eigenvalue weighted by Gasteiger charge is 2.29. The SMILES string of the molecule is OC1CN[C@H](c2nc(N3CCOCC3)no2)C1. The van der Waals surface area contributed by atoms with E-state index in [0.717, 1.165) is 13.1 Å². The van der Waals surface area contributed by atoms with Gasteiger partial charge in [0.25, 0.3) is 5.95 Å². The number of nitrogens with zero attached hydrogens (tertiary/aromatic N) is 3. The van der Waals surface area contributed by atoms with Gasteiger partial charge in [0.2, 0.25) is 5.89 Å². The Morgan fingerprint density at radius 3 is 2.88 bits per heavy atom. The van der Waals surface area contributed by atoms with Crippen LogP contribution in [0.1, 0.15) is 18.4 Å². The van der Waals surface area contributed by atoms with Crippen molar-refractivity contribution < 1.29 is 14.4 Å². The topological polar surface area (TPSA) is 83.7 Å². The second-order valence-corrected chi connectivity index (χ2v) is 4.38. The molecule has 2 N–H and O–H groups in total. The predicted octanol–water partition coefficient (Wildman–Crippen LogP) is -0.698. The number of morpholine rings is 1. The van der Waals surface area contributed by atoms with Gasteiger partial charge in [-0.15, -0.1) is 0 Å². The molecule has 7 heteroatoms. The van der Waals surface area contributed by atoms with E-state index in [1.54, 1.807) is 0 Å². The fourth-order valence-electron chi connectivity index (χ4n) is 2.17. The normalized spacial score (nSPS) is 29.8. The first-order chi connectivity index (χ1) is 8.33. The van der Waals surface area contributed by atoms with E-state index >= 15 is 0 Å². The summed E-state index contributed by atoms with van der Waals surface area (Å²) < 4.78 is 10.5. The van der Waals surface area contributed by atoms with Gasteiger partial charge in [-0.05, 0) is 11.6 Å². The minimum atomic E-state index is -0.321. The molecule has 3 rings (SSSR count). The quantitative estimate of drug-likeness (QED) is 0.707. The van der Waals surface area contributed by atoms with E-state index in [1.807, 2.05) is 4.90 Å². The van der Waals surface area contributed by atoms with Gasteiger partial charge in [-0.2, -0.15) is 4.98 Å². The van der Waals surface area contributed by atoms with Crippen LogP contribution < -0.4 is 10.2 Å². The van der Waals surface area contributed by atoms with Gasteiger partial charge < -0.3 is 24.6 Å². The Hall–Kier alpha value is -1.18. The van der Waals surface area contributed by atoms with Crippen LogP contribution in [0.3, 0.4) is 0 Å². The summed E-state index contributed by atoms with van der Waals surface area (Å²) in [4.78, 5) is 6.41. The van der Waals surface area contributed by atoms with Gasteiger partial charge in [-0.1, -0.05) is 0 Å². The van der Waals surface area contributed by atoms with Crippen LogP contribution in [-0.2, 0) is 4.74 Å². The summed E-state index contributed by atoms with van der Waals surface area (Å²) in [6.45, 7) is 3.56. The van der Waals surface area contributed by atoms with Crippen molar-refractivity contribution in [1.29, 1.82) is 0 Å². The van der Waals surface area contributed by atoms with Gasteiger partial charge in [0.05, 0.1) is 25.4 Å². The Morgan fingerprint density at radius 1 is 1.35 bits per heavy atom. The van der Waals surface area contributed by atoms with Crippen molar-refractivity contribution in [1.82, 2.24) is 15.5 Å². The molecule has 94 valence electrons. The lowest BCUT2D eigenvalue weighted by atomic mass is 10.2. The van der Waals surface area contributed by atoms with Crippen LogP contribution >= 0.6 is 0 Å². The largest absolute Gasteiger partial charge is 0.392 e. The number of anilines is 1. The van der Waals surface area contributed by atoms with E-state index in [1.165, 1.54) is 0 Å². The molecule has 3 heterocycles. The van der Waals surface area contributed by atoms with Gasteiger partial charge in [-0.25, -0.2) is 0 Å². The maximum absolute atomic E-state index is 9.44. The summed E-state index contributed by atoms with van der Waals surface area (Å²) in [7, 11) is 0. The van der Waals surface area contributed by atoms with Crippen molar-refractivity contribution in [2.45, 2.75) is 18.6 Å². The number of hydrogen-bond donors (Lipinski definition) is 2. The molecule has 2 aliphatic heterocycles. The maximum Gasteiger partial charge on any atom is 0.266 e. The Balaban J connectivity index is 1.69. The van der Waals surface area contributed by atoms with Crippen LogP contribution in [0, 0.1) is 0 Å². The molecule has 2 atom stereocenters. The van der Waals surface area contributed by atoms with E-state index in [2.05, 4.69) is 15.5 Å². The fraction of sp³-hybridized carbons (Fsp3) is 0.800. The maximum atomic E-state index is 9.44. The zero-order valence-corrected chi connectivity index (χ0v) is 9.50. The first kappa shape index (κ1) is 10.9. The molecule has 7 nitrogen and oxygen atoms in total. The average Bonchev–Trinajstić information content (AvgIpc) is 2.98. The smallest absolute Gasteiger partial charge is 0.266 e. The molecule has 2 saturated heterocycles. The molecule has 2 fully saturated rings. The second kappa shape index (κ2) is 4.59. The van der Waals surface area contributed by atoms with Gasteiger partial charge in [0, 0.05) is 19.6 Å². The van der Waals surface area contributed by atoms with E-state index in [4.69, 9.17) is 9.26 Å². The molecule has 0 bridgehead atoms. The summed E-state index contributed by atoms with van der Waals surface area (Å²) in [6, 6.07) is -0.0210. The summed E-state index contributed by atoms with van der Waals surface area (Å²) in [5, 5.41) is 16.6. The number of ether oxygens (including phenoxy) is 1. The summed E-state index contributed by atoms with van der Waals surface area (Å²) in [5.41, 5.74) is 0. The molecule has 0 aromatic carbocycles. The molecule has 0 aliphatic carbocycles. The third kappa shape index (κ3) is 2.26. The monoisotopic (exact) mass is 240 g/mol. The number of aliphatic hydroxyl groups is 1. The standard InChI is InChI=1S/C10H16N4O3/c15-7-5-8(11-6-7)9-12-10(13-17-9)14-1-3-16-4-2-14/h7-8,11,15H,1-6H2/t7?,8-/m0/s1. The van der Waals surface area contributed by atoms with Crippen molar-refractivity contribution >= 4 is 5.95 Å². The van der Waals surface area contributed by atoms with Gasteiger partial charge >= 0.3 is 0 Å². The van der Waals surface area contributed by atoms with Crippen molar-refractivity contribution in [2.24, 2.45) is 0 Å². The molecular formula is C10H16N4O3. The molecule has 0 radical (unpaired) electrons. The zero-order chi connectivity index (χ0) is 11.7. The molecule has 0 amide bonds. The fourth-order valence-corrected chi connectivity index (χ4v) is 2.17. The number of rotatable bonds is 2. The summed E-state index contributed by atoms with van der Waals surface area (Å²) in [6.07, 6.45) is 0.309. The van der Waals surface area contributed by atoms with Gasteiger partial charge in [0.1, 0.15) is 0 Å². The average molecular weight is 240 g/mol. The van der Waals surface area contributed by atoms with Crippen LogP contribution in [-0.4, -0.2) is 54.2 Å². The number of aromatic nitrogens is 2. The van der Waals surface area contributed by atoms with Crippen LogP contribution in [0.25, 0.3) is 0 Å². The number of hydrogen-bond acceptors (Lipinski definition) is 7. The van der Waals surface area contributed by atoms with E-state index in [9.17, 15) is 5.11 Å². The highest BCUT2D eigenvalue weighted by Crippen LogP contribution is 2.23. The molecule has 1 unspecified atom stereocenters. The second-order valence-electron chi connectivity index (χ2n) is 4.38. The molecule has 1 aromatic rings. The lowest BCUT2D eigenvalue weighted by molar-refractivity contribution is 0.121. The first-order valence-corrected chi connectivity index (χ1v) is 5.90. The Labute approximate surface area is 98.7 Å². The third-order valence-electron chi connectivity index (χ3n) is 3.13. The van der Waals surface area contributed by atoms with Crippen molar-refractivity contribution in [3.05, 3.63) is 5.89 Å². The molecule has 2 aliphatic rings. The lowest BCUT2D eigenvalue weighted by Gasteiger charge is -2.24. The highest BCUT2D eigenvalue weighted by molar-refractivity contribution is 5.28. The lowest BCUT2D eigenvalue weighted by Crippen LogP contribution is -2.36. The number of β-amino-alcohol motifs (C(OH)–C–C–N with tert-alkyl or cyclic N) is 1. The molecule has 0 spiro atoms. The zero-order valence-electron chi connectivity index (χ0n) is 9.50.